The summed E-state index contributed by atoms with van der Waals surface area (Å²) in [5.74, 6) is 0.785. The molecule has 7 heteroatoms. The number of aromatic nitrogens is 2. The van der Waals surface area contributed by atoms with Gasteiger partial charge in [-0.1, -0.05) is 43.0 Å². The maximum Gasteiger partial charge on any atom is 0.250 e. The SMILES string of the molecule is CCCOc1ccccc1/C=N\NC(=O)CSc1nc2ccccc2[nH]1. The molecule has 0 fully saturated rings. The van der Waals surface area contributed by atoms with E-state index in [9.17, 15) is 4.79 Å². The molecule has 0 radical (unpaired) electrons. The number of aromatic amines is 1. The van der Waals surface area contributed by atoms with Crippen LogP contribution in [0.2, 0.25) is 0 Å². The van der Waals surface area contributed by atoms with Crippen molar-refractivity contribution in [1.29, 1.82) is 0 Å². The molecule has 1 heterocycles. The fourth-order valence-electron chi connectivity index (χ4n) is 2.27. The van der Waals surface area contributed by atoms with Crippen LogP contribution < -0.4 is 10.2 Å². The van der Waals surface area contributed by atoms with Gasteiger partial charge in [-0.2, -0.15) is 5.10 Å². The van der Waals surface area contributed by atoms with Gasteiger partial charge in [0, 0.05) is 5.56 Å². The molecule has 0 aliphatic heterocycles. The summed E-state index contributed by atoms with van der Waals surface area (Å²) in [4.78, 5) is 19.6. The lowest BCUT2D eigenvalue weighted by Crippen LogP contribution is -2.19. The Morgan fingerprint density at radius 3 is 2.92 bits per heavy atom. The van der Waals surface area contributed by atoms with E-state index in [2.05, 4.69) is 27.4 Å². The summed E-state index contributed by atoms with van der Waals surface area (Å²) in [6.07, 6.45) is 2.52. The second-order valence-electron chi connectivity index (χ2n) is 5.53. The molecule has 3 rings (SSSR count). The third-order valence-electron chi connectivity index (χ3n) is 3.48. The number of carbonyl (C=O) groups excluding carboxylic acids is 1. The fourth-order valence-corrected chi connectivity index (χ4v) is 2.95. The number of hydrogen-bond acceptors (Lipinski definition) is 5. The average Bonchev–Trinajstić information content (AvgIpc) is 3.08. The van der Waals surface area contributed by atoms with E-state index in [1.807, 2.05) is 48.5 Å². The maximum absolute atomic E-state index is 12.0. The molecule has 0 aliphatic rings. The van der Waals surface area contributed by atoms with Gasteiger partial charge in [-0.05, 0) is 30.7 Å². The van der Waals surface area contributed by atoms with E-state index in [0.717, 1.165) is 28.8 Å². The summed E-state index contributed by atoms with van der Waals surface area (Å²) in [6.45, 7) is 2.70. The molecule has 2 aromatic carbocycles. The van der Waals surface area contributed by atoms with Crippen LogP contribution >= 0.6 is 11.8 Å². The molecule has 1 aromatic heterocycles. The van der Waals surface area contributed by atoms with E-state index in [1.165, 1.54) is 11.8 Å². The predicted molar refractivity (Wildman–Crippen MR) is 105 cm³/mol. The molecule has 3 aromatic rings. The van der Waals surface area contributed by atoms with E-state index < -0.39 is 0 Å². The first kappa shape index (κ1) is 18.0. The first-order valence-corrected chi connectivity index (χ1v) is 9.36. The Labute approximate surface area is 156 Å². The average molecular weight is 368 g/mol. The second-order valence-corrected chi connectivity index (χ2v) is 6.49. The van der Waals surface area contributed by atoms with Gasteiger partial charge in [-0.15, -0.1) is 0 Å². The number of nitrogens with one attached hydrogen (secondary N) is 2. The number of nitrogens with zero attached hydrogens (tertiary/aromatic N) is 2. The number of rotatable bonds is 8. The van der Waals surface area contributed by atoms with Crippen molar-refractivity contribution in [3.05, 3.63) is 54.1 Å². The number of carbonyl (C=O) groups is 1. The van der Waals surface area contributed by atoms with Gasteiger partial charge in [0.15, 0.2) is 5.16 Å². The van der Waals surface area contributed by atoms with Gasteiger partial charge >= 0.3 is 0 Å². The number of para-hydroxylation sites is 3. The number of ether oxygens (including phenoxy) is 1. The summed E-state index contributed by atoms with van der Waals surface area (Å²) in [5.41, 5.74) is 5.20. The number of benzene rings is 2. The molecular weight excluding hydrogens is 348 g/mol. The van der Waals surface area contributed by atoms with E-state index in [1.54, 1.807) is 6.21 Å². The molecule has 0 spiro atoms. The summed E-state index contributed by atoms with van der Waals surface area (Å²) in [6, 6.07) is 15.3. The zero-order chi connectivity index (χ0) is 18.2. The van der Waals surface area contributed by atoms with E-state index in [0.29, 0.717) is 11.8 Å². The first-order chi connectivity index (χ1) is 12.8. The van der Waals surface area contributed by atoms with Gasteiger partial charge in [0.05, 0.1) is 29.6 Å². The van der Waals surface area contributed by atoms with E-state index in [4.69, 9.17) is 4.74 Å². The molecule has 26 heavy (non-hydrogen) atoms. The molecule has 0 unspecified atom stereocenters. The van der Waals surface area contributed by atoms with Crippen molar-refractivity contribution in [1.82, 2.24) is 15.4 Å². The number of amides is 1. The second kappa shape index (κ2) is 9.05. The summed E-state index contributed by atoms with van der Waals surface area (Å²) >= 11 is 1.34. The van der Waals surface area contributed by atoms with Crippen LogP contribution in [0.4, 0.5) is 0 Å². The highest BCUT2D eigenvalue weighted by Crippen LogP contribution is 2.19. The summed E-state index contributed by atoms with van der Waals surface area (Å²) in [5, 5.41) is 4.73. The highest BCUT2D eigenvalue weighted by atomic mass is 32.2. The quantitative estimate of drug-likeness (QED) is 0.362. The smallest absolute Gasteiger partial charge is 0.250 e. The third-order valence-corrected chi connectivity index (χ3v) is 4.35. The molecule has 6 nitrogen and oxygen atoms in total. The Kier molecular flexibility index (Phi) is 6.27. The van der Waals surface area contributed by atoms with Crippen molar-refractivity contribution in [2.24, 2.45) is 5.10 Å². The molecule has 0 saturated heterocycles. The normalized spacial score (nSPS) is 11.1. The Balaban J connectivity index is 1.51. The lowest BCUT2D eigenvalue weighted by Gasteiger charge is -2.07. The number of hydrazone groups is 1. The Morgan fingerprint density at radius 1 is 1.27 bits per heavy atom. The zero-order valence-electron chi connectivity index (χ0n) is 14.4. The van der Waals surface area contributed by atoms with Gasteiger partial charge in [-0.3, -0.25) is 4.79 Å². The number of imidazole rings is 1. The van der Waals surface area contributed by atoms with Crippen LogP contribution in [0.3, 0.4) is 0 Å². The molecule has 0 saturated carbocycles. The lowest BCUT2D eigenvalue weighted by atomic mass is 10.2. The Morgan fingerprint density at radius 2 is 2.08 bits per heavy atom. The monoisotopic (exact) mass is 368 g/mol. The predicted octanol–water partition coefficient (Wildman–Crippen LogP) is 3.59. The molecular formula is C19H20N4O2S. The number of H-pyrrole nitrogens is 1. The van der Waals surface area contributed by atoms with Crippen molar-refractivity contribution in [2.75, 3.05) is 12.4 Å². The van der Waals surface area contributed by atoms with Gasteiger partial charge in [0.1, 0.15) is 5.75 Å². The van der Waals surface area contributed by atoms with E-state index in [-0.39, 0.29) is 11.7 Å². The van der Waals surface area contributed by atoms with Gasteiger partial charge in [0.2, 0.25) is 0 Å². The van der Waals surface area contributed by atoms with Crippen molar-refractivity contribution in [3.8, 4) is 5.75 Å². The van der Waals surface area contributed by atoms with Crippen LogP contribution in [0.25, 0.3) is 11.0 Å². The summed E-state index contributed by atoms with van der Waals surface area (Å²) < 4.78 is 5.66. The highest BCUT2D eigenvalue weighted by molar-refractivity contribution is 7.99. The van der Waals surface area contributed by atoms with Crippen molar-refractivity contribution in [3.63, 3.8) is 0 Å². The van der Waals surface area contributed by atoms with Crippen LogP contribution in [0.1, 0.15) is 18.9 Å². The minimum Gasteiger partial charge on any atom is -0.493 e. The minimum absolute atomic E-state index is 0.196. The topological polar surface area (TPSA) is 79.4 Å². The Hall–Kier alpha value is -2.80. The van der Waals surface area contributed by atoms with Gasteiger partial charge in [0.25, 0.3) is 5.91 Å². The van der Waals surface area contributed by atoms with Crippen molar-refractivity contribution < 1.29 is 9.53 Å². The number of thioether (sulfide) groups is 1. The van der Waals surface area contributed by atoms with Crippen molar-refractivity contribution in [2.45, 2.75) is 18.5 Å². The standard InChI is InChI=1S/C19H20N4O2S/c1-2-11-25-17-10-6-3-7-14(17)12-20-23-18(24)13-26-19-21-15-8-4-5-9-16(15)22-19/h3-10,12H,2,11,13H2,1H3,(H,21,22)(H,23,24)/b20-12-. The molecule has 134 valence electrons. The van der Waals surface area contributed by atoms with Gasteiger partial charge < -0.3 is 9.72 Å². The zero-order valence-corrected chi connectivity index (χ0v) is 15.3. The lowest BCUT2D eigenvalue weighted by molar-refractivity contribution is -0.118. The molecule has 0 bridgehead atoms. The highest BCUT2D eigenvalue weighted by Gasteiger charge is 2.06. The van der Waals surface area contributed by atoms with Crippen LogP contribution in [-0.2, 0) is 4.79 Å². The molecule has 0 aliphatic carbocycles. The van der Waals surface area contributed by atoms with Crippen LogP contribution in [0.5, 0.6) is 5.75 Å². The molecule has 2 N–H and O–H groups in total. The largest absolute Gasteiger partial charge is 0.493 e. The Bertz CT molecular complexity index is 874. The third kappa shape index (κ3) is 4.86. The van der Waals surface area contributed by atoms with Crippen molar-refractivity contribution >= 4 is 34.9 Å². The summed E-state index contributed by atoms with van der Waals surface area (Å²) in [7, 11) is 0. The van der Waals surface area contributed by atoms with Crippen LogP contribution in [0.15, 0.2) is 58.8 Å². The molecule has 1 amide bonds. The minimum atomic E-state index is -0.196. The first-order valence-electron chi connectivity index (χ1n) is 8.37. The fraction of sp³-hybridized carbons (Fsp3) is 0.211. The van der Waals surface area contributed by atoms with E-state index >= 15 is 0 Å². The van der Waals surface area contributed by atoms with Crippen LogP contribution in [-0.4, -0.2) is 34.4 Å². The number of hydrogen-bond donors (Lipinski definition) is 2. The van der Waals surface area contributed by atoms with Gasteiger partial charge in [-0.25, -0.2) is 10.4 Å². The van der Waals surface area contributed by atoms with Crippen LogP contribution in [0, 0.1) is 0 Å². The number of fused-ring (bicyclic) bond motifs is 1. The molecule has 0 atom stereocenters. The maximum atomic E-state index is 12.0.